The number of carbonyl (C=O) groups excluding carboxylic acids is 1. The van der Waals surface area contributed by atoms with Gasteiger partial charge in [0, 0.05) is 6.42 Å². The molecule has 2 aromatic rings. The van der Waals surface area contributed by atoms with Crippen LogP contribution in [-0.2, 0) is 16.1 Å². The number of rotatable bonds is 5. The Morgan fingerprint density at radius 3 is 2.40 bits per heavy atom. The van der Waals surface area contributed by atoms with Crippen molar-refractivity contribution in [3.63, 3.8) is 0 Å². The van der Waals surface area contributed by atoms with E-state index in [-0.39, 0.29) is 6.61 Å². The standard InChI is InChI=1S/C19H16F3NO2/c20-19(21,22)11-10-18(12-15-8-4-5-9-16(15)23-18)17(24)25-13-14-6-2-1-3-7-14/h1-9,12H,10-11,13H2. The summed E-state index contributed by atoms with van der Waals surface area (Å²) >= 11 is 0. The number of esters is 1. The molecule has 1 aliphatic rings. The van der Waals surface area contributed by atoms with Gasteiger partial charge in [-0.15, -0.1) is 0 Å². The molecule has 0 N–H and O–H groups in total. The van der Waals surface area contributed by atoms with E-state index in [2.05, 4.69) is 4.99 Å². The predicted molar refractivity (Wildman–Crippen MR) is 85.9 cm³/mol. The van der Waals surface area contributed by atoms with Crippen LogP contribution in [0, 0.1) is 0 Å². The van der Waals surface area contributed by atoms with E-state index in [9.17, 15) is 18.0 Å². The van der Waals surface area contributed by atoms with E-state index in [1.807, 2.05) is 6.07 Å². The lowest BCUT2D eigenvalue weighted by Gasteiger charge is -2.23. The Kier molecular flexibility index (Phi) is 4.61. The van der Waals surface area contributed by atoms with E-state index < -0.39 is 30.5 Å². The van der Waals surface area contributed by atoms with Gasteiger partial charge in [0.25, 0.3) is 0 Å². The number of hydrogen-bond acceptors (Lipinski definition) is 3. The quantitative estimate of drug-likeness (QED) is 0.780. The Morgan fingerprint density at radius 1 is 1.04 bits per heavy atom. The topological polar surface area (TPSA) is 38.7 Å². The van der Waals surface area contributed by atoms with Gasteiger partial charge in [-0.2, -0.15) is 13.2 Å². The third-order valence-corrected chi connectivity index (χ3v) is 4.01. The van der Waals surface area contributed by atoms with Gasteiger partial charge < -0.3 is 4.74 Å². The highest BCUT2D eigenvalue weighted by Crippen LogP contribution is 2.31. The first-order valence-electron chi connectivity index (χ1n) is 7.84. The van der Waals surface area contributed by atoms with E-state index in [1.165, 1.54) is 6.08 Å². The first-order valence-corrected chi connectivity index (χ1v) is 7.84. The number of carbonyl (C=O) groups is 1. The second-order valence-electron chi connectivity index (χ2n) is 5.92. The van der Waals surface area contributed by atoms with E-state index in [4.69, 9.17) is 4.74 Å². The van der Waals surface area contributed by atoms with Crippen LogP contribution in [-0.4, -0.2) is 17.7 Å². The van der Waals surface area contributed by atoms with Crippen molar-refractivity contribution < 1.29 is 22.7 Å². The van der Waals surface area contributed by atoms with Crippen LogP contribution < -0.4 is 10.6 Å². The number of hydrogen-bond donors (Lipinski definition) is 0. The smallest absolute Gasteiger partial charge is 0.389 e. The van der Waals surface area contributed by atoms with Crippen molar-refractivity contribution >= 4 is 12.0 Å². The summed E-state index contributed by atoms with van der Waals surface area (Å²) in [6, 6.07) is 15.8. The predicted octanol–water partition coefficient (Wildman–Crippen LogP) is 2.93. The van der Waals surface area contributed by atoms with Crippen molar-refractivity contribution in [3.8, 4) is 0 Å². The lowest BCUT2D eigenvalue weighted by atomic mass is 9.94. The molecule has 0 amide bonds. The van der Waals surface area contributed by atoms with Crippen LogP contribution in [0.15, 0.2) is 59.6 Å². The molecule has 0 bridgehead atoms. The molecule has 3 rings (SSSR count). The maximum absolute atomic E-state index is 12.7. The van der Waals surface area contributed by atoms with Crippen LogP contribution >= 0.6 is 0 Å². The van der Waals surface area contributed by atoms with Crippen molar-refractivity contribution in [1.82, 2.24) is 0 Å². The summed E-state index contributed by atoms with van der Waals surface area (Å²) in [5, 5.41) is 1.14. The summed E-state index contributed by atoms with van der Waals surface area (Å²) in [4.78, 5) is 16.9. The van der Waals surface area contributed by atoms with Crippen LogP contribution in [0.4, 0.5) is 13.2 Å². The van der Waals surface area contributed by atoms with Crippen LogP contribution in [0.1, 0.15) is 18.4 Å². The molecule has 0 saturated heterocycles. The number of ether oxygens (including phenoxy) is 1. The molecular formula is C19H16F3NO2. The van der Waals surface area contributed by atoms with Gasteiger partial charge in [-0.1, -0.05) is 48.5 Å². The monoisotopic (exact) mass is 347 g/mol. The van der Waals surface area contributed by atoms with E-state index in [0.717, 1.165) is 5.56 Å². The summed E-state index contributed by atoms with van der Waals surface area (Å²) in [6.07, 6.45) is -4.48. The SMILES string of the molecule is O=C(OCc1ccccc1)C1(CCC(F)(F)F)C=c2ccccc2=N1. The third kappa shape index (κ3) is 4.07. The van der Waals surface area contributed by atoms with Crippen molar-refractivity contribution in [2.45, 2.75) is 31.2 Å². The van der Waals surface area contributed by atoms with Gasteiger partial charge in [0.1, 0.15) is 6.61 Å². The summed E-state index contributed by atoms with van der Waals surface area (Å²) in [6.45, 7) is -0.00680. The molecule has 0 spiro atoms. The number of nitrogens with zero attached hydrogens (tertiary/aromatic N) is 1. The van der Waals surface area contributed by atoms with Gasteiger partial charge >= 0.3 is 12.1 Å². The highest BCUT2D eigenvalue weighted by molar-refractivity contribution is 5.89. The summed E-state index contributed by atoms with van der Waals surface area (Å²) < 4.78 is 43.4. The van der Waals surface area contributed by atoms with Crippen molar-refractivity contribution in [2.24, 2.45) is 4.99 Å². The Balaban J connectivity index is 1.84. The molecule has 0 aromatic heterocycles. The summed E-state index contributed by atoms with van der Waals surface area (Å²) in [5.41, 5.74) is -0.870. The minimum Gasteiger partial charge on any atom is -0.459 e. The Morgan fingerprint density at radius 2 is 1.72 bits per heavy atom. The zero-order valence-electron chi connectivity index (χ0n) is 13.3. The summed E-state index contributed by atoms with van der Waals surface area (Å²) in [5.74, 6) is -0.767. The molecular weight excluding hydrogens is 331 g/mol. The van der Waals surface area contributed by atoms with Crippen LogP contribution in [0.25, 0.3) is 6.08 Å². The lowest BCUT2D eigenvalue weighted by Crippen LogP contribution is -2.36. The van der Waals surface area contributed by atoms with Gasteiger partial charge in [-0.3, -0.25) is 4.99 Å². The molecule has 0 radical (unpaired) electrons. The average Bonchev–Trinajstić information content (AvgIpc) is 2.98. The largest absolute Gasteiger partial charge is 0.459 e. The third-order valence-electron chi connectivity index (χ3n) is 4.01. The van der Waals surface area contributed by atoms with E-state index >= 15 is 0 Å². The van der Waals surface area contributed by atoms with Crippen LogP contribution in [0.3, 0.4) is 0 Å². The maximum Gasteiger partial charge on any atom is 0.389 e. The van der Waals surface area contributed by atoms with Crippen LogP contribution in [0.5, 0.6) is 0 Å². The first kappa shape index (κ1) is 17.2. The fourth-order valence-corrected chi connectivity index (χ4v) is 2.73. The first-order chi connectivity index (χ1) is 11.9. The zero-order valence-corrected chi connectivity index (χ0v) is 13.3. The molecule has 0 fully saturated rings. The number of para-hydroxylation sites is 1. The van der Waals surface area contributed by atoms with Gasteiger partial charge in [0.05, 0.1) is 5.36 Å². The van der Waals surface area contributed by atoms with Gasteiger partial charge in [0.2, 0.25) is 0 Å². The highest BCUT2D eigenvalue weighted by Gasteiger charge is 2.43. The normalized spacial score (nSPS) is 18.8. The highest BCUT2D eigenvalue weighted by atomic mass is 19.4. The van der Waals surface area contributed by atoms with Gasteiger partial charge in [-0.05, 0) is 29.3 Å². The molecule has 1 aliphatic heterocycles. The molecule has 25 heavy (non-hydrogen) atoms. The average molecular weight is 347 g/mol. The van der Waals surface area contributed by atoms with E-state index in [1.54, 1.807) is 48.5 Å². The molecule has 0 saturated carbocycles. The van der Waals surface area contributed by atoms with Crippen molar-refractivity contribution in [1.29, 1.82) is 0 Å². The van der Waals surface area contributed by atoms with Crippen molar-refractivity contribution in [3.05, 3.63) is 70.7 Å². The van der Waals surface area contributed by atoms with Gasteiger partial charge in [-0.25, -0.2) is 4.79 Å². The second kappa shape index (κ2) is 6.70. The zero-order chi connectivity index (χ0) is 17.9. The Labute approximate surface area is 142 Å². The molecule has 130 valence electrons. The van der Waals surface area contributed by atoms with E-state index in [0.29, 0.717) is 10.6 Å². The molecule has 1 atom stereocenters. The second-order valence-corrected chi connectivity index (χ2v) is 5.92. The number of halogens is 3. The van der Waals surface area contributed by atoms with Crippen LogP contribution in [0.2, 0.25) is 0 Å². The van der Waals surface area contributed by atoms with Crippen molar-refractivity contribution in [2.75, 3.05) is 0 Å². The van der Waals surface area contributed by atoms with Gasteiger partial charge in [0.15, 0.2) is 5.54 Å². The fraction of sp³-hybridized carbons (Fsp3) is 0.263. The number of benzene rings is 2. The number of fused-ring (bicyclic) bond motifs is 1. The number of alkyl halides is 3. The Hall–Kier alpha value is -2.63. The lowest BCUT2D eigenvalue weighted by molar-refractivity contribution is -0.153. The Bertz CT molecular complexity index is 841. The minimum absolute atomic E-state index is 0.00680. The molecule has 3 nitrogen and oxygen atoms in total. The molecule has 6 heteroatoms. The molecule has 1 heterocycles. The molecule has 0 aliphatic carbocycles. The summed E-state index contributed by atoms with van der Waals surface area (Å²) in [7, 11) is 0. The molecule has 2 aromatic carbocycles. The molecule has 1 unspecified atom stereocenters. The maximum atomic E-state index is 12.7. The minimum atomic E-state index is -4.37. The fourth-order valence-electron chi connectivity index (χ4n) is 2.73.